The van der Waals surface area contributed by atoms with Crippen LogP contribution in [0.4, 0.5) is 0 Å². The summed E-state index contributed by atoms with van der Waals surface area (Å²) in [5, 5.41) is 8.97. The summed E-state index contributed by atoms with van der Waals surface area (Å²) in [6.07, 6.45) is 0.386. The molecule has 2 saturated heterocycles. The summed E-state index contributed by atoms with van der Waals surface area (Å²) < 4.78 is 38.9. The van der Waals surface area contributed by atoms with Crippen LogP contribution in [0.2, 0.25) is 0 Å². The van der Waals surface area contributed by atoms with Crippen LogP contribution in [0.1, 0.15) is 26.7 Å². The van der Waals surface area contributed by atoms with Gasteiger partial charge in [0.05, 0.1) is 29.9 Å². The van der Waals surface area contributed by atoms with Crippen LogP contribution in [-0.2, 0) is 23.8 Å². The van der Waals surface area contributed by atoms with Gasteiger partial charge in [0.2, 0.25) is 0 Å². The standard InChI is InChI=1S/C11H17NO5S/c1-11(2)10(17-18(3,13)14)8-4-7(6-12)5-9(15-8)16-11/h7-10H,4-5H2,1-3H3/t7-,8+,9+,10+/m0/s1. The highest BCUT2D eigenvalue weighted by Gasteiger charge is 2.51. The Kier molecular flexibility index (Phi) is 3.40. The number of hydrogen-bond acceptors (Lipinski definition) is 6. The van der Waals surface area contributed by atoms with E-state index in [2.05, 4.69) is 6.07 Å². The predicted octanol–water partition coefficient (Wildman–Crippen LogP) is 0.785. The molecule has 0 radical (unpaired) electrons. The van der Waals surface area contributed by atoms with E-state index >= 15 is 0 Å². The SMILES string of the molecule is CC1(C)O[C@@H]2C[C@@H](C#N)C[C@@H](O2)[C@H]1OS(C)(=O)=O. The van der Waals surface area contributed by atoms with Crippen molar-refractivity contribution in [1.29, 1.82) is 5.26 Å². The summed E-state index contributed by atoms with van der Waals surface area (Å²) in [5.41, 5.74) is -0.753. The average molecular weight is 275 g/mol. The molecule has 0 spiro atoms. The lowest BCUT2D eigenvalue weighted by Crippen LogP contribution is -2.60. The van der Waals surface area contributed by atoms with Gasteiger partial charge in [-0.05, 0) is 20.3 Å². The summed E-state index contributed by atoms with van der Waals surface area (Å²) in [6, 6.07) is 2.18. The Bertz CT molecular complexity index is 466. The minimum absolute atomic E-state index is 0.185. The molecule has 7 heteroatoms. The lowest BCUT2D eigenvalue weighted by atomic mass is 9.85. The minimum atomic E-state index is -3.60. The minimum Gasteiger partial charge on any atom is -0.346 e. The van der Waals surface area contributed by atoms with Gasteiger partial charge in [-0.25, -0.2) is 0 Å². The summed E-state index contributed by atoms with van der Waals surface area (Å²) in [5.74, 6) is -0.185. The van der Waals surface area contributed by atoms with Crippen molar-refractivity contribution in [3.05, 3.63) is 0 Å². The first kappa shape index (κ1) is 13.7. The van der Waals surface area contributed by atoms with E-state index in [1.54, 1.807) is 13.8 Å². The normalized spacial score (nSPS) is 39.0. The van der Waals surface area contributed by atoms with Crippen molar-refractivity contribution < 1.29 is 22.1 Å². The molecule has 2 heterocycles. The van der Waals surface area contributed by atoms with Crippen molar-refractivity contribution in [2.45, 2.75) is 50.8 Å². The predicted molar refractivity (Wildman–Crippen MR) is 61.9 cm³/mol. The molecule has 2 aliphatic rings. The van der Waals surface area contributed by atoms with Crippen molar-refractivity contribution in [2.75, 3.05) is 6.26 Å². The molecule has 18 heavy (non-hydrogen) atoms. The van der Waals surface area contributed by atoms with Crippen LogP contribution in [0.15, 0.2) is 0 Å². The largest absolute Gasteiger partial charge is 0.346 e. The monoisotopic (exact) mass is 275 g/mol. The zero-order valence-electron chi connectivity index (χ0n) is 10.6. The molecule has 0 amide bonds. The molecular weight excluding hydrogens is 258 g/mol. The van der Waals surface area contributed by atoms with Crippen molar-refractivity contribution >= 4 is 10.1 Å². The van der Waals surface area contributed by atoms with Crippen molar-refractivity contribution in [3.63, 3.8) is 0 Å². The third-order valence-electron chi connectivity index (χ3n) is 3.24. The summed E-state index contributed by atoms with van der Waals surface area (Å²) >= 11 is 0. The molecule has 102 valence electrons. The van der Waals surface area contributed by atoms with Crippen molar-refractivity contribution in [2.24, 2.45) is 5.92 Å². The van der Waals surface area contributed by atoms with E-state index in [4.69, 9.17) is 18.9 Å². The van der Waals surface area contributed by atoms with E-state index in [0.29, 0.717) is 12.8 Å². The first-order valence-electron chi connectivity index (χ1n) is 5.82. The van der Waals surface area contributed by atoms with Gasteiger partial charge >= 0.3 is 0 Å². The van der Waals surface area contributed by atoms with Gasteiger partial charge < -0.3 is 9.47 Å². The molecular formula is C11H17NO5S. The number of hydrogen-bond donors (Lipinski definition) is 0. The van der Waals surface area contributed by atoms with Crippen LogP contribution >= 0.6 is 0 Å². The second-order valence-electron chi connectivity index (χ2n) is 5.34. The highest BCUT2D eigenvalue weighted by molar-refractivity contribution is 7.86. The molecule has 2 rings (SSSR count). The molecule has 0 unspecified atom stereocenters. The molecule has 2 aliphatic heterocycles. The molecule has 2 fully saturated rings. The Labute approximate surface area is 107 Å². The molecule has 0 saturated carbocycles. The fourth-order valence-electron chi connectivity index (χ4n) is 2.51. The molecule has 0 aliphatic carbocycles. The smallest absolute Gasteiger partial charge is 0.264 e. The maximum atomic E-state index is 11.3. The number of nitriles is 1. The van der Waals surface area contributed by atoms with E-state index in [1.807, 2.05) is 0 Å². The van der Waals surface area contributed by atoms with Gasteiger partial charge in [-0.3, -0.25) is 4.18 Å². The van der Waals surface area contributed by atoms with Crippen LogP contribution < -0.4 is 0 Å². The van der Waals surface area contributed by atoms with Gasteiger partial charge in [0.15, 0.2) is 6.29 Å². The third kappa shape index (κ3) is 2.83. The van der Waals surface area contributed by atoms with E-state index < -0.39 is 34.2 Å². The topological polar surface area (TPSA) is 85.6 Å². The second-order valence-corrected chi connectivity index (χ2v) is 6.94. The first-order valence-corrected chi connectivity index (χ1v) is 7.64. The van der Waals surface area contributed by atoms with Gasteiger partial charge in [0.25, 0.3) is 10.1 Å². The highest BCUT2D eigenvalue weighted by Crippen LogP contribution is 2.40. The van der Waals surface area contributed by atoms with Crippen LogP contribution in [0.3, 0.4) is 0 Å². The lowest BCUT2D eigenvalue weighted by Gasteiger charge is -2.49. The highest BCUT2D eigenvalue weighted by atomic mass is 32.2. The Morgan fingerprint density at radius 1 is 1.39 bits per heavy atom. The van der Waals surface area contributed by atoms with Crippen molar-refractivity contribution in [1.82, 2.24) is 0 Å². The summed E-state index contributed by atoms with van der Waals surface area (Å²) in [6.45, 7) is 3.55. The fraction of sp³-hybridized carbons (Fsp3) is 0.909. The molecule has 4 atom stereocenters. The average Bonchev–Trinajstić information content (AvgIpc) is 2.21. The number of nitrogens with zero attached hydrogens (tertiary/aromatic N) is 1. The van der Waals surface area contributed by atoms with E-state index in [9.17, 15) is 8.42 Å². The van der Waals surface area contributed by atoms with Gasteiger partial charge in [0.1, 0.15) is 6.10 Å². The molecule has 0 aromatic rings. The Morgan fingerprint density at radius 3 is 2.61 bits per heavy atom. The zero-order valence-corrected chi connectivity index (χ0v) is 11.4. The summed E-state index contributed by atoms with van der Waals surface area (Å²) in [7, 11) is -3.60. The van der Waals surface area contributed by atoms with Crippen LogP contribution in [0, 0.1) is 17.2 Å². The molecule has 0 aromatic carbocycles. The zero-order chi connectivity index (χ0) is 13.6. The van der Waals surface area contributed by atoms with Crippen LogP contribution in [0.25, 0.3) is 0 Å². The quantitative estimate of drug-likeness (QED) is 0.692. The van der Waals surface area contributed by atoms with Gasteiger partial charge in [-0.15, -0.1) is 0 Å². The Balaban J connectivity index is 2.23. The molecule has 6 nitrogen and oxygen atoms in total. The van der Waals surface area contributed by atoms with Crippen LogP contribution in [-0.4, -0.2) is 38.8 Å². The Hall–Kier alpha value is -0.680. The Morgan fingerprint density at radius 2 is 2.06 bits per heavy atom. The maximum Gasteiger partial charge on any atom is 0.264 e. The number of ether oxygens (including phenoxy) is 2. The van der Waals surface area contributed by atoms with Gasteiger partial charge in [-0.1, -0.05) is 0 Å². The number of fused-ring (bicyclic) bond motifs is 2. The van der Waals surface area contributed by atoms with Crippen molar-refractivity contribution in [3.8, 4) is 6.07 Å². The first-order chi connectivity index (χ1) is 8.21. The van der Waals surface area contributed by atoms with Crippen LogP contribution in [0.5, 0.6) is 0 Å². The molecule has 0 aromatic heterocycles. The van der Waals surface area contributed by atoms with E-state index in [-0.39, 0.29) is 5.92 Å². The van der Waals surface area contributed by atoms with E-state index in [1.165, 1.54) is 0 Å². The fourth-order valence-corrected chi connectivity index (χ4v) is 3.24. The van der Waals surface area contributed by atoms with Gasteiger partial charge in [0, 0.05) is 6.42 Å². The van der Waals surface area contributed by atoms with Gasteiger partial charge in [-0.2, -0.15) is 13.7 Å². The molecule has 0 N–H and O–H groups in total. The lowest BCUT2D eigenvalue weighted by molar-refractivity contribution is -0.327. The molecule has 2 bridgehead atoms. The summed E-state index contributed by atoms with van der Waals surface area (Å²) in [4.78, 5) is 0. The maximum absolute atomic E-state index is 11.3. The van der Waals surface area contributed by atoms with E-state index in [0.717, 1.165) is 6.26 Å². The third-order valence-corrected chi connectivity index (χ3v) is 3.80. The second kappa shape index (κ2) is 4.46. The number of rotatable bonds is 2.